The molecule has 3 rings (SSSR count). The second kappa shape index (κ2) is 5.62. The third kappa shape index (κ3) is 2.61. The highest BCUT2D eigenvalue weighted by Crippen LogP contribution is 2.29. The zero-order chi connectivity index (χ0) is 15.0. The van der Waals surface area contributed by atoms with Crippen molar-refractivity contribution in [3.8, 4) is 10.7 Å². The topological polar surface area (TPSA) is 43.8 Å². The van der Waals surface area contributed by atoms with Crippen LogP contribution in [0.3, 0.4) is 0 Å². The number of aryl methyl sites for hydroxylation is 2. The molecule has 0 aliphatic carbocycles. The summed E-state index contributed by atoms with van der Waals surface area (Å²) in [6.45, 7) is 7.22. The summed E-state index contributed by atoms with van der Waals surface area (Å²) in [5.74, 6) is 1.04. The predicted molar refractivity (Wildman–Crippen MR) is 90.8 cm³/mol. The fourth-order valence-electron chi connectivity index (χ4n) is 2.52. The van der Waals surface area contributed by atoms with E-state index in [2.05, 4.69) is 55.0 Å². The Hall–Kier alpha value is -1.65. The summed E-state index contributed by atoms with van der Waals surface area (Å²) in [5.41, 5.74) is 11.0. The molecule has 3 nitrogen and oxygen atoms in total. The number of nitrogens with zero attached hydrogens (tertiary/aromatic N) is 2. The molecule has 0 aliphatic rings. The standard InChI is InChI=1S/C17H21N3S/c1-4-13(18)10-20-15-9-12(3)11(2)8-14(15)19-17(20)16-6-5-7-21-16/h5-9,13H,4,10,18H2,1-3H3. The molecule has 21 heavy (non-hydrogen) atoms. The van der Waals surface area contributed by atoms with E-state index < -0.39 is 0 Å². The lowest BCUT2D eigenvalue weighted by Crippen LogP contribution is -2.25. The van der Waals surface area contributed by atoms with E-state index in [0.29, 0.717) is 0 Å². The maximum atomic E-state index is 6.20. The van der Waals surface area contributed by atoms with Crippen molar-refractivity contribution in [2.45, 2.75) is 39.8 Å². The van der Waals surface area contributed by atoms with E-state index in [0.717, 1.165) is 24.3 Å². The molecule has 0 saturated carbocycles. The maximum absolute atomic E-state index is 6.20. The average molecular weight is 299 g/mol. The Balaban J connectivity index is 2.23. The van der Waals surface area contributed by atoms with Crippen LogP contribution in [0, 0.1) is 13.8 Å². The van der Waals surface area contributed by atoms with Crippen LogP contribution in [0.25, 0.3) is 21.7 Å². The molecular formula is C17H21N3S. The summed E-state index contributed by atoms with van der Waals surface area (Å²) in [7, 11) is 0. The van der Waals surface area contributed by atoms with Crippen LogP contribution in [-0.4, -0.2) is 15.6 Å². The van der Waals surface area contributed by atoms with E-state index in [1.54, 1.807) is 11.3 Å². The minimum Gasteiger partial charge on any atom is -0.326 e. The molecule has 1 atom stereocenters. The van der Waals surface area contributed by atoms with Crippen molar-refractivity contribution in [2.24, 2.45) is 5.73 Å². The van der Waals surface area contributed by atoms with Crippen LogP contribution < -0.4 is 5.73 Å². The SMILES string of the molecule is CCC(N)Cn1c(-c2cccs2)nc2cc(C)c(C)cc21. The Morgan fingerprint density at radius 1 is 1.29 bits per heavy atom. The predicted octanol–water partition coefficient (Wildman–Crippen LogP) is 4.12. The molecule has 0 aliphatic heterocycles. The Bertz CT molecular complexity index is 756. The molecule has 1 aromatic carbocycles. The number of rotatable bonds is 4. The fourth-order valence-corrected chi connectivity index (χ4v) is 3.24. The van der Waals surface area contributed by atoms with Crippen LogP contribution in [-0.2, 0) is 6.54 Å². The van der Waals surface area contributed by atoms with Crippen LogP contribution >= 0.6 is 11.3 Å². The van der Waals surface area contributed by atoms with Gasteiger partial charge in [-0.3, -0.25) is 0 Å². The van der Waals surface area contributed by atoms with Gasteiger partial charge in [0.05, 0.1) is 15.9 Å². The minimum absolute atomic E-state index is 0.155. The largest absolute Gasteiger partial charge is 0.326 e. The number of aromatic nitrogens is 2. The summed E-state index contributed by atoms with van der Waals surface area (Å²) in [5, 5.41) is 2.09. The highest BCUT2D eigenvalue weighted by molar-refractivity contribution is 7.13. The molecule has 2 aromatic heterocycles. The van der Waals surface area contributed by atoms with Crippen molar-refractivity contribution >= 4 is 22.4 Å². The van der Waals surface area contributed by atoms with Crippen molar-refractivity contribution < 1.29 is 0 Å². The molecule has 0 bridgehead atoms. The third-order valence-electron chi connectivity index (χ3n) is 4.05. The van der Waals surface area contributed by atoms with Crippen LogP contribution in [0.1, 0.15) is 24.5 Å². The first-order valence-corrected chi connectivity index (χ1v) is 8.25. The second-order valence-electron chi connectivity index (χ2n) is 5.62. The zero-order valence-corrected chi connectivity index (χ0v) is 13.6. The molecule has 0 radical (unpaired) electrons. The Morgan fingerprint density at radius 2 is 2.05 bits per heavy atom. The Kier molecular flexibility index (Phi) is 3.83. The highest BCUT2D eigenvalue weighted by Gasteiger charge is 2.16. The molecule has 2 N–H and O–H groups in total. The number of nitrogens with two attached hydrogens (primary N) is 1. The molecule has 0 saturated heterocycles. The van der Waals surface area contributed by atoms with Gasteiger partial charge in [-0.15, -0.1) is 11.3 Å². The number of hydrogen-bond donors (Lipinski definition) is 1. The average Bonchev–Trinajstić information content (AvgIpc) is 3.09. The van der Waals surface area contributed by atoms with E-state index in [9.17, 15) is 0 Å². The lowest BCUT2D eigenvalue weighted by atomic mass is 10.1. The minimum atomic E-state index is 0.155. The Labute approximate surface area is 129 Å². The van der Waals surface area contributed by atoms with Crippen LogP contribution in [0.2, 0.25) is 0 Å². The van der Waals surface area contributed by atoms with E-state index in [1.807, 2.05) is 0 Å². The van der Waals surface area contributed by atoms with Gasteiger partial charge in [0.2, 0.25) is 0 Å². The van der Waals surface area contributed by atoms with Crippen LogP contribution in [0.5, 0.6) is 0 Å². The van der Waals surface area contributed by atoms with Crippen molar-refractivity contribution in [1.29, 1.82) is 0 Å². The molecule has 110 valence electrons. The van der Waals surface area contributed by atoms with Gasteiger partial charge in [-0.05, 0) is 55.0 Å². The summed E-state index contributed by atoms with van der Waals surface area (Å²) in [4.78, 5) is 6.06. The van der Waals surface area contributed by atoms with E-state index >= 15 is 0 Å². The normalized spacial score (nSPS) is 13.0. The van der Waals surface area contributed by atoms with Gasteiger partial charge in [-0.1, -0.05) is 13.0 Å². The first kappa shape index (κ1) is 14.3. The molecule has 0 spiro atoms. The first-order chi connectivity index (χ1) is 10.1. The summed E-state index contributed by atoms with van der Waals surface area (Å²) >= 11 is 1.72. The lowest BCUT2D eigenvalue weighted by Gasteiger charge is -2.13. The van der Waals surface area contributed by atoms with Gasteiger partial charge in [0.15, 0.2) is 5.82 Å². The summed E-state index contributed by atoms with van der Waals surface area (Å²) in [6.07, 6.45) is 0.967. The van der Waals surface area contributed by atoms with Gasteiger partial charge < -0.3 is 10.3 Å². The molecule has 1 unspecified atom stereocenters. The first-order valence-electron chi connectivity index (χ1n) is 7.37. The van der Waals surface area contributed by atoms with Crippen molar-refractivity contribution in [3.05, 3.63) is 40.8 Å². The lowest BCUT2D eigenvalue weighted by molar-refractivity contribution is 0.551. The second-order valence-corrected chi connectivity index (χ2v) is 6.56. The number of hydrogen-bond acceptors (Lipinski definition) is 3. The monoisotopic (exact) mass is 299 g/mol. The van der Waals surface area contributed by atoms with E-state index in [-0.39, 0.29) is 6.04 Å². The molecule has 3 aromatic rings. The quantitative estimate of drug-likeness (QED) is 0.787. The van der Waals surface area contributed by atoms with Gasteiger partial charge >= 0.3 is 0 Å². The Morgan fingerprint density at radius 3 is 2.71 bits per heavy atom. The van der Waals surface area contributed by atoms with Gasteiger partial charge in [0.1, 0.15) is 0 Å². The summed E-state index contributed by atoms with van der Waals surface area (Å²) < 4.78 is 2.28. The zero-order valence-electron chi connectivity index (χ0n) is 12.8. The van der Waals surface area contributed by atoms with Crippen molar-refractivity contribution in [1.82, 2.24) is 9.55 Å². The maximum Gasteiger partial charge on any atom is 0.151 e. The number of thiophene rings is 1. The molecule has 4 heteroatoms. The smallest absolute Gasteiger partial charge is 0.151 e. The van der Waals surface area contributed by atoms with Gasteiger partial charge in [-0.2, -0.15) is 0 Å². The van der Waals surface area contributed by atoms with Crippen molar-refractivity contribution in [3.63, 3.8) is 0 Å². The van der Waals surface area contributed by atoms with Gasteiger partial charge in [-0.25, -0.2) is 4.98 Å². The van der Waals surface area contributed by atoms with Gasteiger partial charge in [0.25, 0.3) is 0 Å². The van der Waals surface area contributed by atoms with E-state index in [4.69, 9.17) is 10.7 Å². The highest BCUT2D eigenvalue weighted by atomic mass is 32.1. The number of imidazole rings is 1. The molecule has 0 fully saturated rings. The van der Waals surface area contributed by atoms with Gasteiger partial charge in [0, 0.05) is 12.6 Å². The van der Waals surface area contributed by atoms with Crippen molar-refractivity contribution in [2.75, 3.05) is 0 Å². The molecular weight excluding hydrogens is 278 g/mol. The molecule has 0 amide bonds. The third-order valence-corrected chi connectivity index (χ3v) is 4.91. The number of benzene rings is 1. The fraction of sp³-hybridized carbons (Fsp3) is 0.353. The van der Waals surface area contributed by atoms with Crippen LogP contribution in [0.4, 0.5) is 0 Å². The number of fused-ring (bicyclic) bond motifs is 1. The summed E-state index contributed by atoms with van der Waals surface area (Å²) in [6, 6.07) is 8.76. The molecule has 2 heterocycles. The van der Waals surface area contributed by atoms with E-state index in [1.165, 1.54) is 21.5 Å². The van der Waals surface area contributed by atoms with Crippen LogP contribution in [0.15, 0.2) is 29.6 Å².